The summed E-state index contributed by atoms with van der Waals surface area (Å²) in [6.45, 7) is 3.27. The summed E-state index contributed by atoms with van der Waals surface area (Å²) in [5, 5.41) is 2.86. The van der Waals surface area contributed by atoms with E-state index in [-0.39, 0.29) is 34.7 Å². The number of thioether (sulfide) groups is 1. The van der Waals surface area contributed by atoms with Crippen molar-refractivity contribution < 1.29 is 17.9 Å². The number of benzene rings is 2. The van der Waals surface area contributed by atoms with Crippen LogP contribution in [0.2, 0.25) is 5.02 Å². The van der Waals surface area contributed by atoms with E-state index in [2.05, 4.69) is 5.32 Å². The van der Waals surface area contributed by atoms with Crippen molar-refractivity contribution >= 4 is 45.0 Å². The van der Waals surface area contributed by atoms with Gasteiger partial charge in [-0.1, -0.05) is 29.3 Å². The van der Waals surface area contributed by atoms with E-state index in [1.807, 2.05) is 31.2 Å². The highest BCUT2D eigenvalue weighted by molar-refractivity contribution is 8.00. The number of rotatable bonds is 6. The van der Waals surface area contributed by atoms with Gasteiger partial charge < -0.3 is 10.1 Å². The molecule has 1 aliphatic heterocycles. The zero-order valence-corrected chi connectivity index (χ0v) is 17.7. The zero-order chi connectivity index (χ0) is 20.1. The van der Waals surface area contributed by atoms with Gasteiger partial charge in [0.15, 0.2) is 0 Å². The summed E-state index contributed by atoms with van der Waals surface area (Å²) in [5.74, 6) is -0.000320. The van der Waals surface area contributed by atoms with Crippen molar-refractivity contribution in [2.24, 2.45) is 0 Å². The molecule has 1 heterocycles. The number of amides is 1. The lowest BCUT2D eigenvalue weighted by Crippen LogP contribution is -2.40. The van der Waals surface area contributed by atoms with Gasteiger partial charge in [-0.05, 0) is 37.3 Å². The highest BCUT2D eigenvalue weighted by atomic mass is 35.5. The Morgan fingerprint density at radius 2 is 1.86 bits per heavy atom. The third-order valence-corrected chi connectivity index (χ3v) is 7.59. The molecule has 0 aliphatic carbocycles. The number of sulfonamides is 1. The lowest BCUT2D eigenvalue weighted by atomic mass is 10.2. The molecule has 1 saturated heterocycles. The van der Waals surface area contributed by atoms with Crippen molar-refractivity contribution in [2.45, 2.75) is 16.7 Å². The Labute approximate surface area is 174 Å². The number of hydrogen-bond acceptors (Lipinski definition) is 5. The monoisotopic (exact) mass is 440 g/mol. The van der Waals surface area contributed by atoms with Gasteiger partial charge in [-0.25, -0.2) is 8.42 Å². The number of halogens is 1. The first-order valence-corrected chi connectivity index (χ1v) is 11.5. The van der Waals surface area contributed by atoms with Crippen LogP contribution < -0.4 is 5.32 Å². The van der Waals surface area contributed by atoms with Gasteiger partial charge in [0.25, 0.3) is 0 Å². The Balaban J connectivity index is 1.68. The molecule has 9 heteroatoms. The molecule has 1 amide bonds. The first kappa shape index (κ1) is 21.1. The fourth-order valence-electron chi connectivity index (χ4n) is 2.69. The summed E-state index contributed by atoms with van der Waals surface area (Å²) < 4.78 is 32.3. The van der Waals surface area contributed by atoms with Crippen molar-refractivity contribution in [1.82, 2.24) is 4.31 Å². The van der Waals surface area contributed by atoms with Crippen molar-refractivity contribution in [3.05, 3.63) is 53.1 Å². The number of nitrogens with zero attached hydrogens (tertiary/aromatic N) is 1. The topological polar surface area (TPSA) is 75.7 Å². The highest BCUT2D eigenvalue weighted by Gasteiger charge is 2.28. The molecule has 2 aromatic rings. The Morgan fingerprint density at radius 1 is 1.18 bits per heavy atom. The predicted molar refractivity (Wildman–Crippen MR) is 112 cm³/mol. The standard InChI is InChI=1S/C19H21ClN2O4S2/c1-14-2-5-16(6-3-14)27-13-19(23)21-15-4-7-17(20)18(12-15)28(24,25)22-8-10-26-11-9-22/h2-7,12H,8-11,13H2,1H3,(H,21,23). The molecule has 1 N–H and O–H groups in total. The molecule has 0 spiro atoms. The number of ether oxygens (including phenoxy) is 1. The van der Waals surface area contributed by atoms with Crippen LogP contribution in [0.5, 0.6) is 0 Å². The van der Waals surface area contributed by atoms with Crippen molar-refractivity contribution in [3.63, 3.8) is 0 Å². The number of carbonyl (C=O) groups excluding carboxylic acids is 1. The molecule has 0 radical (unpaired) electrons. The summed E-state index contributed by atoms with van der Waals surface area (Å²) in [6.07, 6.45) is 0. The molecule has 0 aromatic heterocycles. The van der Waals surface area contributed by atoms with E-state index in [0.29, 0.717) is 18.9 Å². The molecule has 0 atom stereocenters. The van der Waals surface area contributed by atoms with Crippen LogP contribution in [0.3, 0.4) is 0 Å². The van der Waals surface area contributed by atoms with Crippen LogP contribution in [0.25, 0.3) is 0 Å². The van der Waals surface area contributed by atoms with Gasteiger partial charge in [0.2, 0.25) is 15.9 Å². The van der Waals surface area contributed by atoms with Gasteiger partial charge in [0.1, 0.15) is 4.90 Å². The van der Waals surface area contributed by atoms with Crippen LogP contribution >= 0.6 is 23.4 Å². The molecule has 0 unspecified atom stereocenters. The maximum absolute atomic E-state index is 12.9. The Morgan fingerprint density at radius 3 is 2.54 bits per heavy atom. The van der Waals surface area contributed by atoms with Gasteiger partial charge in [-0.15, -0.1) is 11.8 Å². The van der Waals surface area contributed by atoms with Crippen LogP contribution in [-0.4, -0.2) is 50.7 Å². The fraction of sp³-hybridized carbons (Fsp3) is 0.316. The lowest BCUT2D eigenvalue weighted by molar-refractivity contribution is -0.113. The van der Waals surface area contributed by atoms with Gasteiger partial charge >= 0.3 is 0 Å². The molecule has 0 saturated carbocycles. The van der Waals surface area contributed by atoms with Crippen LogP contribution in [-0.2, 0) is 19.6 Å². The fourth-order valence-corrected chi connectivity index (χ4v) is 5.29. The first-order chi connectivity index (χ1) is 13.4. The normalized spacial score (nSPS) is 15.4. The molecule has 28 heavy (non-hydrogen) atoms. The number of anilines is 1. The molecular formula is C19H21ClN2O4S2. The van der Waals surface area contributed by atoms with Gasteiger partial charge in [-0.3, -0.25) is 4.79 Å². The van der Waals surface area contributed by atoms with Gasteiger partial charge in [0.05, 0.1) is 24.0 Å². The van der Waals surface area contributed by atoms with Crippen LogP contribution in [0.15, 0.2) is 52.3 Å². The number of hydrogen-bond donors (Lipinski definition) is 1. The van der Waals surface area contributed by atoms with E-state index < -0.39 is 10.0 Å². The quantitative estimate of drug-likeness (QED) is 0.697. The molecule has 1 fully saturated rings. The van der Waals surface area contributed by atoms with Crippen LogP contribution in [0.1, 0.15) is 5.56 Å². The number of aryl methyl sites for hydroxylation is 1. The average Bonchev–Trinajstić information content (AvgIpc) is 2.69. The summed E-state index contributed by atoms with van der Waals surface area (Å²) in [5.41, 5.74) is 1.55. The maximum atomic E-state index is 12.9. The molecular weight excluding hydrogens is 420 g/mol. The second kappa shape index (κ2) is 9.28. The summed E-state index contributed by atoms with van der Waals surface area (Å²) in [7, 11) is -3.75. The third-order valence-electron chi connectivity index (χ3n) is 4.19. The number of nitrogens with one attached hydrogen (secondary N) is 1. The zero-order valence-electron chi connectivity index (χ0n) is 15.4. The second-order valence-electron chi connectivity index (χ2n) is 6.31. The summed E-state index contributed by atoms with van der Waals surface area (Å²) in [6, 6.07) is 12.4. The minimum atomic E-state index is -3.75. The SMILES string of the molecule is Cc1ccc(SCC(=O)Nc2ccc(Cl)c(S(=O)(=O)N3CCOCC3)c2)cc1. The third kappa shape index (κ3) is 5.27. The Kier molecular flexibility index (Phi) is 7.00. The summed E-state index contributed by atoms with van der Waals surface area (Å²) in [4.78, 5) is 13.2. The predicted octanol–water partition coefficient (Wildman–Crippen LogP) is 3.40. The largest absolute Gasteiger partial charge is 0.379 e. The maximum Gasteiger partial charge on any atom is 0.244 e. The van der Waals surface area contributed by atoms with Gasteiger partial charge in [0, 0.05) is 23.7 Å². The molecule has 2 aromatic carbocycles. The first-order valence-electron chi connectivity index (χ1n) is 8.73. The Hall–Kier alpha value is -1.58. The van der Waals surface area contributed by atoms with E-state index in [9.17, 15) is 13.2 Å². The summed E-state index contributed by atoms with van der Waals surface area (Å²) >= 11 is 7.55. The molecule has 1 aliphatic rings. The van der Waals surface area contributed by atoms with Crippen molar-refractivity contribution in [3.8, 4) is 0 Å². The molecule has 0 bridgehead atoms. The van der Waals surface area contributed by atoms with E-state index >= 15 is 0 Å². The van der Waals surface area contributed by atoms with E-state index in [0.717, 1.165) is 10.5 Å². The van der Waals surface area contributed by atoms with Crippen molar-refractivity contribution in [2.75, 3.05) is 37.4 Å². The minimum Gasteiger partial charge on any atom is -0.379 e. The van der Waals surface area contributed by atoms with E-state index in [4.69, 9.17) is 16.3 Å². The Bertz CT molecular complexity index is 943. The second-order valence-corrected chi connectivity index (χ2v) is 9.67. The molecule has 150 valence electrons. The lowest BCUT2D eigenvalue weighted by Gasteiger charge is -2.26. The van der Waals surface area contributed by atoms with E-state index in [1.165, 1.54) is 28.2 Å². The van der Waals surface area contributed by atoms with Crippen LogP contribution in [0, 0.1) is 6.92 Å². The van der Waals surface area contributed by atoms with Crippen molar-refractivity contribution in [1.29, 1.82) is 0 Å². The smallest absolute Gasteiger partial charge is 0.244 e. The molecule has 3 rings (SSSR count). The average molecular weight is 441 g/mol. The highest BCUT2D eigenvalue weighted by Crippen LogP contribution is 2.28. The minimum absolute atomic E-state index is 0.0138. The number of carbonyl (C=O) groups is 1. The molecule has 6 nitrogen and oxygen atoms in total. The number of morpholine rings is 1. The van der Waals surface area contributed by atoms with Crippen LogP contribution in [0.4, 0.5) is 5.69 Å². The van der Waals surface area contributed by atoms with Gasteiger partial charge in [-0.2, -0.15) is 4.31 Å². The van der Waals surface area contributed by atoms with E-state index in [1.54, 1.807) is 6.07 Å².